The van der Waals surface area contributed by atoms with Crippen LogP contribution in [0.25, 0.3) is 0 Å². The Morgan fingerprint density at radius 3 is 2.62 bits per heavy atom. The number of carbonyl (C=O) groups is 1. The fourth-order valence-corrected chi connectivity index (χ4v) is 1.34. The van der Waals surface area contributed by atoms with E-state index >= 15 is 0 Å². The summed E-state index contributed by atoms with van der Waals surface area (Å²) in [6.07, 6.45) is 3.24. The van der Waals surface area contributed by atoms with Crippen molar-refractivity contribution in [3.05, 3.63) is 6.33 Å². The van der Waals surface area contributed by atoms with E-state index in [2.05, 4.69) is 29.2 Å². The fourth-order valence-electron chi connectivity index (χ4n) is 1.34. The van der Waals surface area contributed by atoms with Crippen LogP contribution in [0.3, 0.4) is 0 Å². The summed E-state index contributed by atoms with van der Waals surface area (Å²) >= 11 is 0. The van der Waals surface area contributed by atoms with Gasteiger partial charge in [-0.2, -0.15) is 0 Å². The molecule has 1 amide bonds. The first-order valence-electron chi connectivity index (χ1n) is 5.45. The van der Waals surface area contributed by atoms with Crippen LogP contribution in [-0.4, -0.2) is 26.2 Å². The molecule has 0 saturated heterocycles. The third-order valence-corrected chi connectivity index (χ3v) is 2.86. The van der Waals surface area contributed by atoms with Crippen LogP contribution in [0.15, 0.2) is 6.33 Å². The molecule has 16 heavy (non-hydrogen) atoms. The van der Waals surface area contributed by atoms with Crippen molar-refractivity contribution in [1.29, 1.82) is 0 Å². The van der Waals surface area contributed by atoms with Crippen LogP contribution in [-0.2, 0) is 11.3 Å². The van der Waals surface area contributed by atoms with Crippen molar-refractivity contribution in [2.75, 3.05) is 5.73 Å². The van der Waals surface area contributed by atoms with Gasteiger partial charge in [-0.25, -0.2) is 9.67 Å². The van der Waals surface area contributed by atoms with E-state index < -0.39 is 0 Å². The molecule has 1 heterocycles. The molecule has 0 aliphatic heterocycles. The van der Waals surface area contributed by atoms with E-state index in [4.69, 9.17) is 5.73 Å². The minimum atomic E-state index is -0.150. The minimum absolute atomic E-state index is 0.0731. The molecule has 1 rings (SSSR count). The number of anilines is 1. The molecule has 0 unspecified atom stereocenters. The van der Waals surface area contributed by atoms with Crippen molar-refractivity contribution < 1.29 is 4.79 Å². The summed E-state index contributed by atoms with van der Waals surface area (Å²) in [4.78, 5) is 15.5. The Hall–Kier alpha value is -1.59. The largest absolute Gasteiger partial charge is 0.367 e. The van der Waals surface area contributed by atoms with Gasteiger partial charge in [0, 0.05) is 5.54 Å². The highest BCUT2D eigenvalue weighted by molar-refractivity contribution is 5.76. The third-order valence-electron chi connectivity index (χ3n) is 2.86. The molecule has 6 heteroatoms. The molecule has 0 saturated carbocycles. The van der Waals surface area contributed by atoms with Gasteiger partial charge in [0.25, 0.3) is 0 Å². The first kappa shape index (κ1) is 12.5. The van der Waals surface area contributed by atoms with Crippen LogP contribution in [0.4, 0.5) is 5.95 Å². The van der Waals surface area contributed by atoms with Gasteiger partial charge < -0.3 is 11.1 Å². The fraction of sp³-hybridized carbons (Fsp3) is 0.700. The zero-order valence-corrected chi connectivity index (χ0v) is 10.0. The summed E-state index contributed by atoms with van der Waals surface area (Å²) < 4.78 is 1.43. The van der Waals surface area contributed by atoms with Gasteiger partial charge in [0.15, 0.2) is 0 Å². The van der Waals surface area contributed by atoms with Gasteiger partial charge in [0.2, 0.25) is 11.9 Å². The standard InChI is InChI=1S/C10H19N5O/c1-4-10(3,5-2)13-8(16)6-15-7-12-9(11)14-15/h7H,4-6H2,1-3H3,(H2,11,14)(H,13,16). The molecule has 0 aliphatic rings. The predicted octanol–water partition coefficient (Wildman–Crippen LogP) is 0.555. The van der Waals surface area contributed by atoms with E-state index in [1.165, 1.54) is 11.0 Å². The molecule has 0 spiro atoms. The van der Waals surface area contributed by atoms with E-state index in [9.17, 15) is 4.79 Å². The van der Waals surface area contributed by atoms with E-state index in [0.717, 1.165) is 12.8 Å². The lowest BCUT2D eigenvalue weighted by Gasteiger charge is -2.28. The van der Waals surface area contributed by atoms with Crippen LogP contribution >= 0.6 is 0 Å². The first-order chi connectivity index (χ1) is 7.49. The molecular formula is C10H19N5O. The zero-order valence-electron chi connectivity index (χ0n) is 10.0. The number of carbonyl (C=O) groups excluding carboxylic acids is 1. The Bertz CT molecular complexity index is 356. The van der Waals surface area contributed by atoms with Gasteiger partial charge in [-0.05, 0) is 19.8 Å². The van der Waals surface area contributed by atoms with Gasteiger partial charge in [-0.1, -0.05) is 13.8 Å². The summed E-state index contributed by atoms with van der Waals surface area (Å²) in [5.74, 6) is 0.109. The van der Waals surface area contributed by atoms with Gasteiger partial charge in [-0.3, -0.25) is 4.79 Å². The average molecular weight is 225 g/mol. The molecule has 0 aromatic carbocycles. The number of nitrogen functional groups attached to an aromatic ring is 1. The molecule has 1 aromatic rings. The Labute approximate surface area is 95.2 Å². The normalized spacial score (nSPS) is 11.4. The van der Waals surface area contributed by atoms with E-state index in [0.29, 0.717) is 0 Å². The highest BCUT2D eigenvalue weighted by Gasteiger charge is 2.21. The van der Waals surface area contributed by atoms with Gasteiger partial charge >= 0.3 is 0 Å². The van der Waals surface area contributed by atoms with E-state index in [-0.39, 0.29) is 23.9 Å². The minimum Gasteiger partial charge on any atom is -0.367 e. The van der Waals surface area contributed by atoms with Crippen molar-refractivity contribution in [2.45, 2.75) is 45.7 Å². The smallest absolute Gasteiger partial charge is 0.242 e. The van der Waals surface area contributed by atoms with Crippen molar-refractivity contribution in [3.63, 3.8) is 0 Å². The molecule has 1 aromatic heterocycles. The number of hydrogen-bond donors (Lipinski definition) is 2. The lowest BCUT2D eigenvalue weighted by Crippen LogP contribution is -2.46. The van der Waals surface area contributed by atoms with Gasteiger partial charge in [-0.15, -0.1) is 5.10 Å². The quantitative estimate of drug-likeness (QED) is 0.766. The Morgan fingerprint density at radius 1 is 1.56 bits per heavy atom. The Kier molecular flexibility index (Phi) is 3.87. The number of amides is 1. The van der Waals surface area contributed by atoms with E-state index in [1.54, 1.807) is 0 Å². The summed E-state index contributed by atoms with van der Waals surface area (Å²) in [6.45, 7) is 6.29. The molecule has 0 bridgehead atoms. The number of rotatable bonds is 5. The lowest BCUT2D eigenvalue weighted by molar-refractivity contribution is -0.123. The van der Waals surface area contributed by atoms with Crippen LogP contribution in [0.2, 0.25) is 0 Å². The molecule has 90 valence electrons. The maximum absolute atomic E-state index is 11.7. The van der Waals surface area contributed by atoms with Crippen LogP contribution in [0, 0.1) is 0 Å². The summed E-state index contributed by atoms with van der Waals surface area (Å²) in [7, 11) is 0. The third kappa shape index (κ3) is 3.22. The topological polar surface area (TPSA) is 85.8 Å². The molecule has 0 fully saturated rings. The number of nitrogens with one attached hydrogen (secondary N) is 1. The first-order valence-corrected chi connectivity index (χ1v) is 5.45. The van der Waals surface area contributed by atoms with Crippen LogP contribution in [0.5, 0.6) is 0 Å². The van der Waals surface area contributed by atoms with Crippen molar-refractivity contribution in [1.82, 2.24) is 20.1 Å². The second-order valence-electron chi connectivity index (χ2n) is 4.12. The SMILES string of the molecule is CCC(C)(CC)NC(=O)Cn1cnc(N)n1. The van der Waals surface area contributed by atoms with Crippen molar-refractivity contribution in [3.8, 4) is 0 Å². The number of aromatic nitrogens is 3. The second-order valence-corrected chi connectivity index (χ2v) is 4.12. The molecule has 0 aliphatic carbocycles. The Balaban J connectivity index is 2.53. The summed E-state index contributed by atoms with van der Waals surface area (Å²) in [5, 5.41) is 6.84. The van der Waals surface area contributed by atoms with Crippen LogP contribution < -0.4 is 11.1 Å². The maximum Gasteiger partial charge on any atom is 0.242 e. The summed E-state index contributed by atoms with van der Waals surface area (Å²) in [6, 6.07) is 0. The van der Waals surface area contributed by atoms with E-state index in [1.807, 2.05) is 6.92 Å². The molecule has 0 atom stereocenters. The van der Waals surface area contributed by atoms with Crippen molar-refractivity contribution >= 4 is 11.9 Å². The number of nitrogens with zero attached hydrogens (tertiary/aromatic N) is 3. The molecular weight excluding hydrogens is 206 g/mol. The highest BCUT2D eigenvalue weighted by Crippen LogP contribution is 2.13. The monoisotopic (exact) mass is 225 g/mol. The zero-order chi connectivity index (χ0) is 12.2. The molecule has 0 radical (unpaired) electrons. The molecule has 6 nitrogen and oxygen atoms in total. The second kappa shape index (κ2) is 4.96. The molecule has 3 N–H and O–H groups in total. The lowest BCUT2D eigenvalue weighted by atomic mass is 9.95. The van der Waals surface area contributed by atoms with Gasteiger partial charge in [0.05, 0.1) is 0 Å². The Morgan fingerprint density at radius 2 is 2.19 bits per heavy atom. The van der Waals surface area contributed by atoms with Gasteiger partial charge in [0.1, 0.15) is 12.9 Å². The maximum atomic E-state index is 11.7. The highest BCUT2D eigenvalue weighted by atomic mass is 16.2. The average Bonchev–Trinajstić information content (AvgIpc) is 2.63. The van der Waals surface area contributed by atoms with Crippen LogP contribution in [0.1, 0.15) is 33.6 Å². The predicted molar refractivity (Wildman–Crippen MR) is 61.6 cm³/mol. The number of hydrogen-bond acceptors (Lipinski definition) is 4. The number of nitrogens with two attached hydrogens (primary N) is 1. The van der Waals surface area contributed by atoms with Crippen molar-refractivity contribution in [2.24, 2.45) is 0 Å². The summed E-state index contributed by atoms with van der Waals surface area (Å²) in [5.41, 5.74) is 5.21.